The Labute approximate surface area is 157 Å². The molecule has 0 unspecified atom stereocenters. The molecule has 2 N–H and O–H groups in total. The van der Waals surface area contributed by atoms with Crippen LogP contribution >= 0.6 is 0 Å². The minimum absolute atomic E-state index is 0.210. The van der Waals surface area contributed by atoms with Crippen LogP contribution in [0.1, 0.15) is 48.8 Å². The third kappa shape index (κ3) is 5.62. The van der Waals surface area contributed by atoms with E-state index in [1.165, 1.54) is 17.0 Å². The van der Waals surface area contributed by atoms with Gasteiger partial charge in [-0.05, 0) is 44.7 Å². The van der Waals surface area contributed by atoms with Crippen molar-refractivity contribution >= 4 is 21.7 Å². The van der Waals surface area contributed by atoms with Crippen LogP contribution in [0.3, 0.4) is 0 Å². The average Bonchev–Trinajstić information content (AvgIpc) is 2.52. The van der Waals surface area contributed by atoms with Crippen molar-refractivity contribution in [2.45, 2.75) is 58.9 Å². The fourth-order valence-electron chi connectivity index (χ4n) is 3.76. The fraction of sp³-hybridized carbons (Fsp3) is 0.632. The number of aryl methyl sites for hydroxylation is 3. The fourth-order valence-corrected chi connectivity index (χ4v) is 4.81. The van der Waals surface area contributed by atoms with Gasteiger partial charge in [0.25, 0.3) is 0 Å². The minimum atomic E-state index is -3.44. The lowest BCUT2D eigenvalue weighted by Gasteiger charge is -2.27. The van der Waals surface area contributed by atoms with Crippen molar-refractivity contribution in [3.63, 3.8) is 0 Å². The van der Waals surface area contributed by atoms with E-state index in [-0.39, 0.29) is 25.2 Å². The molecule has 0 radical (unpaired) electrons. The lowest BCUT2D eigenvalue weighted by molar-refractivity contribution is 0.233. The molecule has 2 amide bonds. The van der Waals surface area contributed by atoms with Gasteiger partial charge in [0.15, 0.2) is 0 Å². The molecule has 0 atom stereocenters. The second-order valence-electron chi connectivity index (χ2n) is 7.32. The molecule has 1 aromatic rings. The van der Waals surface area contributed by atoms with E-state index in [2.05, 4.69) is 10.6 Å². The Morgan fingerprint density at radius 2 is 1.69 bits per heavy atom. The highest BCUT2D eigenvalue weighted by Crippen LogP contribution is 2.28. The molecule has 0 bridgehead atoms. The molecule has 1 aromatic carbocycles. The number of amides is 2. The Morgan fingerprint density at radius 3 is 2.23 bits per heavy atom. The quantitative estimate of drug-likeness (QED) is 0.795. The van der Waals surface area contributed by atoms with E-state index in [4.69, 9.17) is 0 Å². The molecule has 0 aliphatic heterocycles. The predicted octanol–water partition coefficient (Wildman–Crippen LogP) is 3.01. The van der Waals surface area contributed by atoms with Crippen LogP contribution < -0.4 is 14.9 Å². The highest BCUT2D eigenvalue weighted by atomic mass is 32.2. The third-order valence-corrected chi connectivity index (χ3v) is 5.99. The Kier molecular flexibility index (Phi) is 6.92. The van der Waals surface area contributed by atoms with Crippen molar-refractivity contribution in [2.75, 3.05) is 23.7 Å². The van der Waals surface area contributed by atoms with E-state index in [1.807, 2.05) is 32.9 Å². The monoisotopic (exact) mass is 381 g/mol. The molecule has 1 aliphatic rings. The van der Waals surface area contributed by atoms with Gasteiger partial charge in [0.1, 0.15) is 0 Å². The normalized spacial score (nSPS) is 15.5. The number of rotatable bonds is 6. The van der Waals surface area contributed by atoms with Gasteiger partial charge in [0.2, 0.25) is 10.0 Å². The maximum Gasteiger partial charge on any atom is 0.315 e. The first kappa shape index (κ1) is 20.6. The Balaban J connectivity index is 2.00. The van der Waals surface area contributed by atoms with Crippen LogP contribution in [0.15, 0.2) is 12.1 Å². The van der Waals surface area contributed by atoms with E-state index in [1.54, 1.807) is 0 Å². The first-order chi connectivity index (χ1) is 12.2. The summed E-state index contributed by atoms with van der Waals surface area (Å²) in [6.07, 6.45) is 6.78. The van der Waals surface area contributed by atoms with Crippen molar-refractivity contribution in [2.24, 2.45) is 0 Å². The predicted molar refractivity (Wildman–Crippen MR) is 106 cm³/mol. The molecule has 146 valence electrons. The number of anilines is 1. The summed E-state index contributed by atoms with van der Waals surface area (Å²) in [6, 6.07) is 3.96. The topological polar surface area (TPSA) is 78.5 Å². The molecule has 0 heterocycles. The van der Waals surface area contributed by atoms with Gasteiger partial charge >= 0.3 is 6.03 Å². The van der Waals surface area contributed by atoms with Gasteiger partial charge < -0.3 is 10.6 Å². The number of carbonyl (C=O) groups is 1. The van der Waals surface area contributed by atoms with Gasteiger partial charge in [0.05, 0.1) is 18.5 Å². The van der Waals surface area contributed by atoms with Crippen molar-refractivity contribution in [3.8, 4) is 0 Å². The van der Waals surface area contributed by atoms with Crippen molar-refractivity contribution in [3.05, 3.63) is 28.8 Å². The Bertz CT molecular complexity index is 717. The molecule has 1 fully saturated rings. The summed E-state index contributed by atoms with van der Waals surface area (Å²) in [5.74, 6) is 0. The summed E-state index contributed by atoms with van der Waals surface area (Å²) in [5.41, 5.74) is 3.63. The molecule has 7 heteroatoms. The lowest BCUT2D eigenvalue weighted by atomic mass is 9.96. The molecular weight excluding hydrogens is 350 g/mol. The molecule has 0 spiro atoms. The molecule has 1 saturated carbocycles. The zero-order valence-corrected chi connectivity index (χ0v) is 17.1. The van der Waals surface area contributed by atoms with Crippen LogP contribution in [-0.2, 0) is 10.0 Å². The summed E-state index contributed by atoms with van der Waals surface area (Å²) >= 11 is 0. The largest absolute Gasteiger partial charge is 0.336 e. The van der Waals surface area contributed by atoms with Gasteiger partial charge in [-0.15, -0.1) is 0 Å². The lowest BCUT2D eigenvalue weighted by Crippen LogP contribution is -2.46. The van der Waals surface area contributed by atoms with E-state index in [0.717, 1.165) is 42.4 Å². The number of benzene rings is 1. The maximum absolute atomic E-state index is 12.3. The second-order valence-corrected chi connectivity index (χ2v) is 9.22. The van der Waals surface area contributed by atoms with E-state index in [0.29, 0.717) is 5.69 Å². The number of nitrogens with one attached hydrogen (secondary N) is 2. The first-order valence-electron chi connectivity index (χ1n) is 9.28. The highest BCUT2D eigenvalue weighted by Gasteiger charge is 2.22. The van der Waals surface area contributed by atoms with Gasteiger partial charge in [-0.25, -0.2) is 13.2 Å². The van der Waals surface area contributed by atoms with Crippen LogP contribution in [0.4, 0.5) is 10.5 Å². The maximum atomic E-state index is 12.3. The molecule has 1 aliphatic carbocycles. The molecular formula is C19H31N3O3S. The van der Waals surface area contributed by atoms with Crippen LogP contribution in [0.25, 0.3) is 0 Å². The van der Waals surface area contributed by atoms with Crippen LogP contribution in [0.2, 0.25) is 0 Å². The van der Waals surface area contributed by atoms with Crippen LogP contribution in [0.5, 0.6) is 0 Å². The summed E-state index contributed by atoms with van der Waals surface area (Å²) in [6.45, 7) is 6.29. The zero-order valence-electron chi connectivity index (χ0n) is 16.3. The van der Waals surface area contributed by atoms with Crippen LogP contribution in [-0.4, -0.2) is 39.8 Å². The Morgan fingerprint density at radius 1 is 1.12 bits per heavy atom. The number of hydrogen-bond acceptors (Lipinski definition) is 3. The summed E-state index contributed by atoms with van der Waals surface area (Å²) in [4.78, 5) is 12.1. The summed E-state index contributed by atoms with van der Waals surface area (Å²) in [7, 11) is -3.44. The SMILES string of the molecule is Cc1cc(C)c(N(CCNC(=O)NC2CCCCC2)S(C)(=O)=O)c(C)c1. The first-order valence-corrected chi connectivity index (χ1v) is 11.1. The van der Waals surface area contributed by atoms with Crippen molar-refractivity contribution < 1.29 is 13.2 Å². The summed E-state index contributed by atoms with van der Waals surface area (Å²) in [5, 5.41) is 5.78. The van der Waals surface area contributed by atoms with Crippen LogP contribution in [0, 0.1) is 20.8 Å². The second kappa shape index (κ2) is 8.75. The minimum Gasteiger partial charge on any atom is -0.336 e. The third-order valence-electron chi connectivity index (χ3n) is 4.83. The van der Waals surface area contributed by atoms with E-state index in [9.17, 15) is 13.2 Å². The standard InChI is InChI=1S/C19H31N3O3S/c1-14-12-15(2)18(16(3)13-14)22(26(4,24)25)11-10-20-19(23)21-17-8-6-5-7-9-17/h12-13,17H,5-11H2,1-4H3,(H2,20,21,23). The number of urea groups is 1. The van der Waals surface area contributed by atoms with E-state index >= 15 is 0 Å². The van der Waals surface area contributed by atoms with Crippen molar-refractivity contribution in [1.82, 2.24) is 10.6 Å². The number of sulfonamides is 1. The van der Waals surface area contributed by atoms with Gasteiger partial charge in [-0.1, -0.05) is 37.0 Å². The van der Waals surface area contributed by atoms with Crippen molar-refractivity contribution in [1.29, 1.82) is 0 Å². The van der Waals surface area contributed by atoms with Gasteiger partial charge in [-0.2, -0.15) is 0 Å². The molecule has 26 heavy (non-hydrogen) atoms. The smallest absolute Gasteiger partial charge is 0.315 e. The van der Waals surface area contributed by atoms with Gasteiger partial charge in [-0.3, -0.25) is 4.31 Å². The average molecular weight is 382 g/mol. The number of nitrogens with zero attached hydrogens (tertiary/aromatic N) is 1. The molecule has 0 aromatic heterocycles. The molecule has 2 rings (SSSR count). The van der Waals surface area contributed by atoms with E-state index < -0.39 is 10.0 Å². The Hall–Kier alpha value is -1.76. The molecule has 6 nitrogen and oxygen atoms in total. The summed E-state index contributed by atoms with van der Waals surface area (Å²) < 4.78 is 26.0. The highest BCUT2D eigenvalue weighted by molar-refractivity contribution is 7.92. The zero-order chi connectivity index (χ0) is 19.3. The van der Waals surface area contributed by atoms with Gasteiger partial charge in [0, 0.05) is 12.6 Å². The molecule has 0 saturated heterocycles. The number of carbonyl (C=O) groups excluding carboxylic acids is 1. The number of hydrogen-bond donors (Lipinski definition) is 2.